The van der Waals surface area contributed by atoms with E-state index in [1.807, 2.05) is 44.6 Å². The van der Waals surface area contributed by atoms with Crippen LogP contribution in [0, 0.1) is 0 Å². The number of imidazole rings is 1. The van der Waals surface area contributed by atoms with Crippen LogP contribution >= 0.6 is 0 Å². The van der Waals surface area contributed by atoms with Crippen molar-refractivity contribution in [3.05, 3.63) is 66.6 Å². The summed E-state index contributed by atoms with van der Waals surface area (Å²) in [6.07, 6.45) is 4.43. The Morgan fingerprint density at radius 2 is 1.83 bits per heavy atom. The largest absolute Gasteiger partial charge is 0.493 e. The van der Waals surface area contributed by atoms with Crippen LogP contribution in [0.15, 0.2) is 61.1 Å². The summed E-state index contributed by atoms with van der Waals surface area (Å²) in [5.41, 5.74) is 4.39. The molecule has 0 amide bonds. The van der Waals surface area contributed by atoms with E-state index in [-0.39, 0.29) is 0 Å². The van der Waals surface area contributed by atoms with Gasteiger partial charge < -0.3 is 14.6 Å². The average Bonchev–Trinajstić information content (AvgIpc) is 3.10. The van der Waals surface area contributed by atoms with Crippen molar-refractivity contribution in [3.63, 3.8) is 0 Å². The van der Waals surface area contributed by atoms with Crippen LogP contribution in [0.2, 0.25) is 0 Å². The molecule has 0 aliphatic heterocycles. The highest BCUT2D eigenvalue weighted by Crippen LogP contribution is 2.28. The van der Waals surface area contributed by atoms with Crippen molar-refractivity contribution in [2.75, 3.05) is 25.6 Å². The Bertz CT molecular complexity index is 734. The lowest BCUT2D eigenvalue weighted by Gasteiger charge is -2.13. The molecular weight excluding hydrogens is 286 g/mol. The summed E-state index contributed by atoms with van der Waals surface area (Å²) in [6.45, 7) is 0.642. The topological polar surface area (TPSA) is 41.1 Å². The second-order valence-corrected chi connectivity index (χ2v) is 5.61. The number of benzene rings is 2. The normalized spacial score (nSPS) is 10.5. The lowest BCUT2D eigenvalue weighted by molar-refractivity contribution is 0.323. The van der Waals surface area contributed by atoms with Gasteiger partial charge in [0.15, 0.2) is 0 Å². The summed E-state index contributed by atoms with van der Waals surface area (Å²) < 4.78 is 5.98. The predicted octanol–water partition coefficient (Wildman–Crippen LogP) is 3.76. The number of rotatable bonds is 6. The van der Waals surface area contributed by atoms with Crippen LogP contribution in [0.4, 0.5) is 5.69 Å². The van der Waals surface area contributed by atoms with Crippen molar-refractivity contribution < 1.29 is 4.74 Å². The fraction of sp³-hybridized carbons (Fsp3) is 0.211. The molecule has 0 fully saturated rings. The van der Waals surface area contributed by atoms with Gasteiger partial charge in [0, 0.05) is 38.0 Å². The maximum absolute atomic E-state index is 5.98. The second kappa shape index (κ2) is 7.01. The summed E-state index contributed by atoms with van der Waals surface area (Å²) in [6, 6.07) is 16.6. The third-order valence-electron chi connectivity index (χ3n) is 3.76. The molecule has 4 nitrogen and oxygen atoms in total. The van der Waals surface area contributed by atoms with E-state index in [1.54, 1.807) is 6.33 Å². The number of hydrogen-bond acceptors (Lipinski definition) is 3. The van der Waals surface area contributed by atoms with E-state index in [1.165, 1.54) is 11.3 Å². The molecular formula is C19H21N3O. The van der Waals surface area contributed by atoms with Gasteiger partial charge in [-0.2, -0.15) is 0 Å². The highest BCUT2D eigenvalue weighted by atomic mass is 16.5. The molecule has 0 radical (unpaired) electrons. The maximum atomic E-state index is 5.98. The lowest BCUT2D eigenvalue weighted by atomic mass is 10.1. The van der Waals surface area contributed by atoms with Crippen LogP contribution in [-0.2, 0) is 6.42 Å². The molecule has 0 atom stereocenters. The first kappa shape index (κ1) is 15.2. The third kappa shape index (κ3) is 3.72. The Hall–Kier alpha value is -2.75. The van der Waals surface area contributed by atoms with Crippen LogP contribution < -0.4 is 9.64 Å². The molecule has 23 heavy (non-hydrogen) atoms. The number of hydrogen-bond donors (Lipinski definition) is 1. The van der Waals surface area contributed by atoms with Crippen molar-refractivity contribution in [2.24, 2.45) is 0 Å². The van der Waals surface area contributed by atoms with Gasteiger partial charge in [-0.15, -0.1) is 0 Å². The first-order chi connectivity index (χ1) is 11.2. The summed E-state index contributed by atoms with van der Waals surface area (Å²) in [5, 5.41) is 0. The summed E-state index contributed by atoms with van der Waals surface area (Å²) >= 11 is 0. The van der Waals surface area contributed by atoms with E-state index < -0.39 is 0 Å². The number of aromatic nitrogens is 2. The fourth-order valence-corrected chi connectivity index (χ4v) is 2.45. The van der Waals surface area contributed by atoms with E-state index in [0.29, 0.717) is 6.61 Å². The standard InChI is InChI=1S/C19H21N3O/c1-22(2)16-9-7-15(8-10-16)11-12-23-19-6-4-3-5-17(19)18-13-20-14-21-18/h3-10,13-14H,11-12H2,1-2H3,(H,20,21). The maximum Gasteiger partial charge on any atom is 0.128 e. The molecule has 0 saturated carbocycles. The number of ether oxygens (including phenoxy) is 1. The van der Waals surface area contributed by atoms with Crippen molar-refractivity contribution in [2.45, 2.75) is 6.42 Å². The number of anilines is 1. The molecule has 3 aromatic rings. The number of nitrogens with zero attached hydrogens (tertiary/aromatic N) is 2. The van der Waals surface area contributed by atoms with Crippen LogP contribution in [0.3, 0.4) is 0 Å². The number of H-pyrrole nitrogens is 1. The molecule has 0 aliphatic rings. The van der Waals surface area contributed by atoms with Crippen molar-refractivity contribution >= 4 is 5.69 Å². The van der Waals surface area contributed by atoms with Gasteiger partial charge in [0.2, 0.25) is 0 Å². The molecule has 0 saturated heterocycles. The summed E-state index contributed by atoms with van der Waals surface area (Å²) in [7, 11) is 4.09. The monoisotopic (exact) mass is 307 g/mol. The minimum Gasteiger partial charge on any atom is -0.493 e. The average molecular weight is 307 g/mol. The SMILES string of the molecule is CN(C)c1ccc(CCOc2ccccc2-c2c[nH]cn2)cc1. The Morgan fingerprint density at radius 1 is 1.04 bits per heavy atom. The smallest absolute Gasteiger partial charge is 0.128 e. The zero-order chi connectivity index (χ0) is 16.1. The highest BCUT2D eigenvalue weighted by Gasteiger charge is 2.07. The third-order valence-corrected chi connectivity index (χ3v) is 3.76. The molecule has 2 aromatic carbocycles. The van der Waals surface area contributed by atoms with Crippen LogP contribution in [0.25, 0.3) is 11.3 Å². The van der Waals surface area contributed by atoms with Crippen molar-refractivity contribution in [1.82, 2.24) is 9.97 Å². The quantitative estimate of drug-likeness (QED) is 0.754. The fourth-order valence-electron chi connectivity index (χ4n) is 2.45. The van der Waals surface area contributed by atoms with E-state index in [2.05, 4.69) is 39.1 Å². The second-order valence-electron chi connectivity index (χ2n) is 5.61. The van der Waals surface area contributed by atoms with E-state index in [4.69, 9.17) is 4.74 Å². The highest BCUT2D eigenvalue weighted by molar-refractivity contribution is 5.66. The summed E-state index contributed by atoms with van der Waals surface area (Å²) in [4.78, 5) is 9.38. The van der Waals surface area contributed by atoms with E-state index in [9.17, 15) is 0 Å². The van der Waals surface area contributed by atoms with Crippen molar-refractivity contribution in [3.8, 4) is 17.0 Å². The molecule has 1 heterocycles. The van der Waals surface area contributed by atoms with Crippen LogP contribution in [0.1, 0.15) is 5.56 Å². The minimum absolute atomic E-state index is 0.642. The van der Waals surface area contributed by atoms with E-state index in [0.717, 1.165) is 23.4 Å². The van der Waals surface area contributed by atoms with Crippen LogP contribution in [0.5, 0.6) is 5.75 Å². The number of para-hydroxylation sites is 1. The molecule has 4 heteroatoms. The minimum atomic E-state index is 0.642. The Balaban J connectivity index is 1.63. The van der Waals surface area contributed by atoms with Gasteiger partial charge >= 0.3 is 0 Å². The molecule has 0 unspecified atom stereocenters. The Labute approximate surface area is 136 Å². The van der Waals surface area contributed by atoms with Crippen LogP contribution in [-0.4, -0.2) is 30.7 Å². The van der Waals surface area contributed by atoms with Gasteiger partial charge in [0.05, 0.1) is 18.6 Å². The van der Waals surface area contributed by atoms with Gasteiger partial charge in [-0.3, -0.25) is 0 Å². The van der Waals surface area contributed by atoms with Crippen molar-refractivity contribution in [1.29, 1.82) is 0 Å². The Morgan fingerprint density at radius 3 is 2.52 bits per heavy atom. The molecule has 0 aliphatic carbocycles. The number of aromatic amines is 1. The zero-order valence-electron chi connectivity index (χ0n) is 13.5. The van der Waals surface area contributed by atoms with Gasteiger partial charge in [0.1, 0.15) is 5.75 Å². The molecule has 3 rings (SSSR count). The lowest BCUT2D eigenvalue weighted by Crippen LogP contribution is -2.08. The molecule has 1 aromatic heterocycles. The Kier molecular flexibility index (Phi) is 4.62. The predicted molar refractivity (Wildman–Crippen MR) is 94.0 cm³/mol. The summed E-state index contributed by atoms with van der Waals surface area (Å²) in [5.74, 6) is 0.865. The first-order valence-corrected chi connectivity index (χ1v) is 7.71. The molecule has 118 valence electrons. The molecule has 1 N–H and O–H groups in total. The van der Waals surface area contributed by atoms with Gasteiger partial charge in [-0.05, 0) is 29.8 Å². The number of nitrogens with one attached hydrogen (secondary N) is 1. The van der Waals surface area contributed by atoms with Gasteiger partial charge in [0.25, 0.3) is 0 Å². The molecule has 0 bridgehead atoms. The zero-order valence-corrected chi connectivity index (χ0v) is 13.5. The van der Waals surface area contributed by atoms with E-state index >= 15 is 0 Å². The van der Waals surface area contributed by atoms with Gasteiger partial charge in [-0.25, -0.2) is 4.98 Å². The molecule has 0 spiro atoms. The van der Waals surface area contributed by atoms with Gasteiger partial charge in [-0.1, -0.05) is 24.3 Å². The first-order valence-electron chi connectivity index (χ1n) is 7.71.